The fraction of sp³-hybridized carbons (Fsp3) is 0.538. The zero-order valence-corrected chi connectivity index (χ0v) is 11.1. The van der Waals surface area contributed by atoms with E-state index in [2.05, 4.69) is 4.72 Å². The van der Waals surface area contributed by atoms with E-state index in [0.29, 0.717) is 18.0 Å². The summed E-state index contributed by atoms with van der Waals surface area (Å²) in [4.78, 5) is 0.262. The molecule has 0 radical (unpaired) electrons. The molecule has 1 saturated carbocycles. The largest absolute Gasteiger partial charge is 0.392 e. The van der Waals surface area contributed by atoms with Gasteiger partial charge < -0.3 is 5.11 Å². The van der Waals surface area contributed by atoms with Crippen LogP contribution in [-0.2, 0) is 16.6 Å². The average Bonchev–Trinajstić information content (AvgIpc) is 2.90. The first-order valence-electron chi connectivity index (χ1n) is 6.31. The maximum atomic E-state index is 12.0. The molecule has 0 atom stereocenters. The summed E-state index contributed by atoms with van der Waals surface area (Å²) >= 11 is 0. The molecule has 0 aliphatic heterocycles. The van der Waals surface area contributed by atoms with Crippen molar-refractivity contribution in [2.75, 3.05) is 6.54 Å². The Labute approximate surface area is 108 Å². The summed E-state index contributed by atoms with van der Waals surface area (Å²) in [5.41, 5.74) is 0.713. The molecule has 1 aliphatic carbocycles. The Morgan fingerprint density at radius 2 is 1.78 bits per heavy atom. The fourth-order valence-corrected chi connectivity index (χ4v) is 3.42. The number of aliphatic hydroxyl groups excluding tert-OH is 1. The van der Waals surface area contributed by atoms with Crippen molar-refractivity contribution in [2.45, 2.75) is 37.2 Å². The van der Waals surface area contributed by atoms with Crippen LogP contribution in [0.3, 0.4) is 0 Å². The number of aliphatic hydroxyl groups is 1. The Morgan fingerprint density at radius 3 is 2.33 bits per heavy atom. The van der Waals surface area contributed by atoms with Gasteiger partial charge in [0, 0.05) is 6.54 Å². The SMILES string of the molecule is O=S(=O)(NCC1CCCC1)c1ccc(CO)cc1. The minimum Gasteiger partial charge on any atom is -0.392 e. The molecule has 0 unspecified atom stereocenters. The van der Waals surface area contributed by atoms with Gasteiger partial charge in [0.05, 0.1) is 11.5 Å². The maximum absolute atomic E-state index is 12.0. The van der Waals surface area contributed by atoms with E-state index in [1.165, 1.54) is 25.0 Å². The molecule has 0 aromatic heterocycles. The molecule has 0 amide bonds. The van der Waals surface area contributed by atoms with Gasteiger partial charge in [-0.3, -0.25) is 0 Å². The monoisotopic (exact) mass is 269 g/mol. The van der Waals surface area contributed by atoms with Gasteiger partial charge in [-0.1, -0.05) is 25.0 Å². The molecular formula is C13H19NO3S. The van der Waals surface area contributed by atoms with Crippen LogP contribution in [0.25, 0.3) is 0 Å². The van der Waals surface area contributed by atoms with Crippen LogP contribution in [0.1, 0.15) is 31.2 Å². The summed E-state index contributed by atoms with van der Waals surface area (Å²) in [6.07, 6.45) is 4.65. The van der Waals surface area contributed by atoms with Crippen LogP contribution < -0.4 is 4.72 Å². The summed E-state index contributed by atoms with van der Waals surface area (Å²) in [7, 11) is -3.40. The van der Waals surface area contributed by atoms with E-state index in [-0.39, 0.29) is 11.5 Å². The average molecular weight is 269 g/mol. The number of rotatable bonds is 5. The summed E-state index contributed by atoms with van der Waals surface area (Å²) in [5.74, 6) is 0.483. The summed E-state index contributed by atoms with van der Waals surface area (Å²) in [5, 5.41) is 8.91. The molecule has 2 rings (SSSR count). The first-order valence-corrected chi connectivity index (χ1v) is 7.79. The maximum Gasteiger partial charge on any atom is 0.240 e. The third-order valence-electron chi connectivity index (χ3n) is 3.45. The van der Waals surface area contributed by atoms with Crippen LogP contribution in [-0.4, -0.2) is 20.1 Å². The number of hydrogen-bond donors (Lipinski definition) is 2. The molecule has 0 heterocycles. The highest BCUT2D eigenvalue weighted by Gasteiger charge is 2.19. The number of hydrogen-bond acceptors (Lipinski definition) is 3. The fourth-order valence-electron chi connectivity index (χ4n) is 2.30. The standard InChI is InChI=1S/C13H19NO3S/c15-10-12-5-7-13(8-6-12)18(16,17)14-9-11-3-1-2-4-11/h5-8,11,14-15H,1-4,9-10H2. The van der Waals surface area contributed by atoms with E-state index < -0.39 is 10.0 Å². The van der Waals surface area contributed by atoms with Crippen LogP contribution >= 0.6 is 0 Å². The van der Waals surface area contributed by atoms with E-state index in [1.807, 2.05) is 0 Å². The highest BCUT2D eigenvalue weighted by atomic mass is 32.2. The van der Waals surface area contributed by atoms with Gasteiger partial charge in [-0.2, -0.15) is 0 Å². The Morgan fingerprint density at radius 1 is 1.17 bits per heavy atom. The van der Waals surface area contributed by atoms with E-state index >= 15 is 0 Å². The molecule has 4 nitrogen and oxygen atoms in total. The van der Waals surface area contributed by atoms with Crippen LogP contribution in [0.15, 0.2) is 29.2 Å². The first-order chi connectivity index (χ1) is 8.62. The Balaban J connectivity index is 2.00. The van der Waals surface area contributed by atoms with E-state index in [4.69, 9.17) is 5.11 Å². The van der Waals surface area contributed by atoms with Gasteiger partial charge in [0.1, 0.15) is 0 Å². The highest BCUT2D eigenvalue weighted by Crippen LogP contribution is 2.24. The van der Waals surface area contributed by atoms with Crippen LogP contribution in [0.2, 0.25) is 0 Å². The van der Waals surface area contributed by atoms with E-state index in [1.54, 1.807) is 12.1 Å². The van der Waals surface area contributed by atoms with Crippen LogP contribution in [0.5, 0.6) is 0 Å². The lowest BCUT2D eigenvalue weighted by Crippen LogP contribution is -2.28. The number of benzene rings is 1. The topological polar surface area (TPSA) is 66.4 Å². The molecule has 5 heteroatoms. The molecule has 0 spiro atoms. The zero-order chi connectivity index (χ0) is 13.0. The minimum absolute atomic E-state index is 0.0736. The molecule has 2 N–H and O–H groups in total. The van der Waals surface area contributed by atoms with Gasteiger partial charge >= 0.3 is 0 Å². The van der Waals surface area contributed by atoms with Crippen molar-refractivity contribution >= 4 is 10.0 Å². The Hall–Kier alpha value is -0.910. The van der Waals surface area contributed by atoms with Crippen molar-refractivity contribution in [3.05, 3.63) is 29.8 Å². The molecular weight excluding hydrogens is 250 g/mol. The molecule has 18 heavy (non-hydrogen) atoms. The molecule has 0 saturated heterocycles. The van der Waals surface area contributed by atoms with Crippen molar-refractivity contribution in [3.63, 3.8) is 0 Å². The second-order valence-corrected chi connectivity index (χ2v) is 6.57. The summed E-state index contributed by atoms with van der Waals surface area (Å²) in [6.45, 7) is 0.458. The smallest absolute Gasteiger partial charge is 0.240 e. The van der Waals surface area contributed by atoms with Crippen LogP contribution in [0.4, 0.5) is 0 Å². The van der Waals surface area contributed by atoms with Gasteiger partial charge in [0.2, 0.25) is 10.0 Å². The van der Waals surface area contributed by atoms with Gasteiger partial charge in [-0.25, -0.2) is 13.1 Å². The molecule has 100 valence electrons. The second kappa shape index (κ2) is 5.82. The van der Waals surface area contributed by atoms with Crippen molar-refractivity contribution in [1.29, 1.82) is 0 Å². The predicted octanol–water partition coefficient (Wildman–Crippen LogP) is 1.65. The lowest BCUT2D eigenvalue weighted by atomic mass is 10.1. The molecule has 0 bridgehead atoms. The summed E-state index contributed by atoms with van der Waals surface area (Å²) in [6, 6.07) is 6.32. The summed E-state index contributed by atoms with van der Waals surface area (Å²) < 4.78 is 26.7. The van der Waals surface area contributed by atoms with E-state index in [0.717, 1.165) is 12.8 Å². The molecule has 1 aromatic rings. The quantitative estimate of drug-likeness (QED) is 0.854. The van der Waals surface area contributed by atoms with Gasteiger partial charge in [0.15, 0.2) is 0 Å². The zero-order valence-electron chi connectivity index (χ0n) is 10.3. The van der Waals surface area contributed by atoms with Gasteiger partial charge in [-0.15, -0.1) is 0 Å². The van der Waals surface area contributed by atoms with Crippen molar-refractivity contribution < 1.29 is 13.5 Å². The number of sulfonamides is 1. The van der Waals surface area contributed by atoms with Crippen LogP contribution in [0, 0.1) is 5.92 Å². The normalized spacial score (nSPS) is 17.2. The van der Waals surface area contributed by atoms with E-state index in [9.17, 15) is 8.42 Å². The number of nitrogens with one attached hydrogen (secondary N) is 1. The first kappa shape index (κ1) is 13.5. The van der Waals surface area contributed by atoms with Crippen molar-refractivity contribution in [1.82, 2.24) is 4.72 Å². The third-order valence-corrected chi connectivity index (χ3v) is 4.89. The molecule has 1 aromatic carbocycles. The molecule has 1 fully saturated rings. The molecule has 1 aliphatic rings. The predicted molar refractivity (Wildman–Crippen MR) is 69.5 cm³/mol. The van der Waals surface area contributed by atoms with Gasteiger partial charge in [0.25, 0.3) is 0 Å². The van der Waals surface area contributed by atoms with Crippen molar-refractivity contribution in [2.24, 2.45) is 5.92 Å². The Bertz CT molecular complexity index is 475. The van der Waals surface area contributed by atoms with Crippen molar-refractivity contribution in [3.8, 4) is 0 Å². The second-order valence-electron chi connectivity index (χ2n) is 4.80. The van der Waals surface area contributed by atoms with Gasteiger partial charge in [-0.05, 0) is 36.5 Å². The lowest BCUT2D eigenvalue weighted by molar-refractivity contribution is 0.282. The highest BCUT2D eigenvalue weighted by molar-refractivity contribution is 7.89. The Kier molecular flexibility index (Phi) is 4.37. The third kappa shape index (κ3) is 3.31. The minimum atomic E-state index is -3.40. The lowest BCUT2D eigenvalue weighted by Gasteiger charge is -2.11.